The molecule has 0 aromatic carbocycles. The van der Waals surface area contributed by atoms with Gasteiger partial charge in [0.05, 0.1) is 119 Å². The van der Waals surface area contributed by atoms with Crippen LogP contribution in [0.5, 0.6) is 0 Å². The molecule has 0 spiro atoms. The number of H-pyrrole nitrogens is 4. The Bertz CT molecular complexity index is 5650. The number of carboxylic acids is 1. The van der Waals surface area contributed by atoms with E-state index >= 15 is 0 Å². The number of likely N-dealkylation sites (tertiary alicyclic amines) is 1. The minimum Gasteiger partial charge on any atom is -0.478 e. The summed E-state index contributed by atoms with van der Waals surface area (Å²) in [5.74, 6) is -0.313. The van der Waals surface area contributed by atoms with Gasteiger partial charge in [-0.2, -0.15) is 0 Å². The highest BCUT2D eigenvalue weighted by molar-refractivity contribution is 6.06. The smallest absolute Gasteiger partial charge is 0.328 e. The number of piperidine rings is 1. The molecule has 11 heterocycles. The van der Waals surface area contributed by atoms with E-state index in [0.29, 0.717) is 70.2 Å². The Morgan fingerprint density at radius 2 is 1.10 bits per heavy atom. The molecule has 3 fully saturated rings. The van der Waals surface area contributed by atoms with Crippen LogP contribution in [0.15, 0.2) is 104 Å². The van der Waals surface area contributed by atoms with Crippen molar-refractivity contribution in [1.82, 2.24) is 74.8 Å². The van der Waals surface area contributed by atoms with E-state index < -0.39 is 29.0 Å². The number of nitrogens with one attached hydrogen (secondary N) is 9. The second kappa shape index (κ2) is 47.1. The summed E-state index contributed by atoms with van der Waals surface area (Å²) in [5.41, 5.74) is 11.2. The first-order valence-electron chi connectivity index (χ1n) is 46.3. The minimum absolute atomic E-state index is 0.106. The number of morpholine rings is 1. The van der Waals surface area contributed by atoms with E-state index in [2.05, 4.69) is 186 Å². The fraction of sp³-hybridized carbons (Fsp3) is 0.500. The number of carbonyl (C=O) groups excluding carboxylic acids is 4. The van der Waals surface area contributed by atoms with Crippen molar-refractivity contribution in [2.45, 2.75) is 202 Å². The Kier molecular flexibility index (Phi) is 35.7. The van der Waals surface area contributed by atoms with Crippen LogP contribution in [0, 0.1) is 43.0 Å². The number of aromatic nitrogens is 11. The molecule has 10 N–H and O–H groups in total. The molecule has 3 aliphatic carbocycles. The normalized spacial score (nSPS) is 16.5. The summed E-state index contributed by atoms with van der Waals surface area (Å²) < 4.78 is 18.0. The molecule has 0 bridgehead atoms. The molecule has 33 nitrogen and oxygen atoms in total. The molecule has 8 aromatic heterocycles. The second-order valence-electron chi connectivity index (χ2n) is 37.3. The highest BCUT2D eigenvalue weighted by Crippen LogP contribution is 2.46. The zero-order valence-corrected chi connectivity index (χ0v) is 79.3. The first kappa shape index (κ1) is 101. The van der Waals surface area contributed by atoms with Gasteiger partial charge in [-0.1, -0.05) is 85.4 Å². The van der Waals surface area contributed by atoms with Crippen LogP contribution in [0.3, 0.4) is 0 Å². The van der Waals surface area contributed by atoms with Crippen molar-refractivity contribution in [2.75, 3.05) is 132 Å². The predicted octanol–water partition coefficient (Wildman–Crippen LogP) is 19.0. The molecule has 704 valence electrons. The molecular formula is C100H130N24O9. The quantitative estimate of drug-likeness (QED) is 0.0106. The topological polar surface area (TPSA) is 377 Å². The van der Waals surface area contributed by atoms with E-state index in [9.17, 15) is 24.0 Å². The van der Waals surface area contributed by atoms with E-state index in [1.807, 2.05) is 64.1 Å². The second-order valence-corrected chi connectivity index (χ2v) is 37.3. The van der Waals surface area contributed by atoms with Crippen LogP contribution in [-0.4, -0.2) is 210 Å². The van der Waals surface area contributed by atoms with Crippen LogP contribution in [-0.2, 0) is 35.7 Å². The Hall–Kier alpha value is -12.7. The highest BCUT2D eigenvalue weighted by atomic mass is 16.5. The molecule has 8 aromatic rings. The van der Waals surface area contributed by atoms with Gasteiger partial charge in [-0.25, -0.2) is 44.5 Å². The van der Waals surface area contributed by atoms with E-state index in [4.69, 9.17) is 60.6 Å². The number of hydrogen-bond acceptors (Lipinski definition) is 20. The molecule has 6 aliphatic rings. The largest absolute Gasteiger partial charge is 0.478 e. The van der Waals surface area contributed by atoms with Gasteiger partial charge < -0.3 is 80.1 Å². The average molecular weight is 1810 g/mol. The zero-order valence-electron chi connectivity index (χ0n) is 79.3. The molecule has 14 rings (SSSR count). The molecule has 0 unspecified atom stereocenters. The Morgan fingerprint density at radius 1 is 0.594 bits per heavy atom. The molecule has 4 amide bonds. The predicted molar refractivity (Wildman–Crippen MR) is 520 cm³/mol. The SMILES string of the molecule is [C-]#[N+]c1c[nH]c(C(=O)Nc2ccc(/C=C/C(=O)O)nc2N2CCC(C)CC2)c1.[C-]#[N+]c1cnc(C(=O)Nc2ccc(C(C)(C)NCCN3CCOCC3)nc2C2=CCC(C)(C)CC2)[nH]1.[C-]#[N+]c1cnc(C(=O)Nc2ccc(C(C)(C)OCCCN(C)C)nc2C2=CCC(CC)(CC)CC2)[nH]1.[C-]#[N+]c1cnc(C(=O)Nc2ccc(C(C)(C)OCCN3CCCC3)nc2C2=CCCCC2)[nH]1. The number of allylic oxidation sites excluding steroid dienone is 6. The lowest BCUT2D eigenvalue weighted by Crippen LogP contribution is -2.45. The number of imidazole rings is 3. The lowest BCUT2D eigenvalue weighted by molar-refractivity contribution is -0.131. The zero-order chi connectivity index (χ0) is 95.5. The van der Waals surface area contributed by atoms with Crippen LogP contribution in [0.2, 0.25) is 0 Å². The number of rotatable bonds is 32. The maximum atomic E-state index is 12.9. The van der Waals surface area contributed by atoms with Crippen molar-refractivity contribution in [3.63, 3.8) is 0 Å². The maximum Gasteiger partial charge on any atom is 0.328 e. The fourth-order valence-electron chi connectivity index (χ4n) is 16.6. The third kappa shape index (κ3) is 28.7. The van der Waals surface area contributed by atoms with Crippen molar-refractivity contribution >= 4 is 104 Å². The first-order valence-corrected chi connectivity index (χ1v) is 46.3. The number of aromatic amines is 4. The summed E-state index contributed by atoms with van der Waals surface area (Å²) >= 11 is 0. The van der Waals surface area contributed by atoms with Crippen LogP contribution in [0.1, 0.15) is 268 Å². The van der Waals surface area contributed by atoms with Gasteiger partial charge in [-0.15, -0.1) is 0 Å². The summed E-state index contributed by atoms with van der Waals surface area (Å²) in [4.78, 5) is 127. The average Bonchev–Trinajstić information content (AvgIpc) is 1.17. The van der Waals surface area contributed by atoms with Gasteiger partial charge in [0, 0.05) is 64.7 Å². The molecule has 0 radical (unpaired) electrons. The van der Waals surface area contributed by atoms with Gasteiger partial charge in [0.2, 0.25) is 23.1 Å². The summed E-state index contributed by atoms with van der Waals surface area (Å²) in [6.07, 6.45) is 32.8. The van der Waals surface area contributed by atoms with Crippen LogP contribution < -0.4 is 31.5 Å². The number of anilines is 5. The summed E-state index contributed by atoms with van der Waals surface area (Å²) in [5, 5.41) is 24.2. The van der Waals surface area contributed by atoms with Gasteiger partial charge >= 0.3 is 23.7 Å². The van der Waals surface area contributed by atoms with Crippen molar-refractivity contribution < 1.29 is 43.3 Å². The van der Waals surface area contributed by atoms with E-state index in [-0.39, 0.29) is 57.7 Å². The van der Waals surface area contributed by atoms with E-state index in [1.54, 1.807) is 12.1 Å². The maximum absolute atomic E-state index is 12.9. The first-order chi connectivity index (χ1) is 63.7. The number of carbonyl (C=O) groups is 5. The number of ether oxygens (including phenoxy) is 3. The molecule has 33 heteroatoms. The number of hydrogen-bond donors (Lipinski definition) is 10. The van der Waals surface area contributed by atoms with Crippen molar-refractivity contribution in [3.8, 4) is 0 Å². The molecule has 133 heavy (non-hydrogen) atoms. The Labute approximate surface area is 781 Å². The number of pyridine rings is 4. The van der Waals surface area contributed by atoms with Gasteiger partial charge in [-0.05, 0) is 266 Å². The number of amides is 4. The van der Waals surface area contributed by atoms with Crippen molar-refractivity contribution in [3.05, 3.63) is 212 Å². The summed E-state index contributed by atoms with van der Waals surface area (Å²) in [6.45, 7) is 64.5. The number of nitrogens with zero attached hydrogens (tertiary/aromatic N) is 15. The minimum atomic E-state index is -1.05. The highest BCUT2D eigenvalue weighted by Gasteiger charge is 2.35. The molecule has 3 aliphatic heterocycles. The fourth-order valence-corrected chi connectivity index (χ4v) is 16.6. The Balaban J connectivity index is 0.000000172. The molecular weight excluding hydrogens is 1680 g/mol. The third-order valence-electron chi connectivity index (χ3n) is 25.4. The van der Waals surface area contributed by atoms with Crippen molar-refractivity contribution in [2.24, 2.45) is 16.7 Å². The molecule has 3 saturated heterocycles. The van der Waals surface area contributed by atoms with Crippen LogP contribution in [0.4, 0.5) is 51.7 Å². The summed E-state index contributed by atoms with van der Waals surface area (Å²) in [7, 11) is 4.11. The number of carboxylic acid groups (broad SMARTS) is 1. The monoisotopic (exact) mass is 1810 g/mol. The molecule has 0 saturated carbocycles. The third-order valence-corrected chi connectivity index (χ3v) is 25.4. The van der Waals surface area contributed by atoms with Crippen LogP contribution in [0.25, 0.3) is 42.2 Å². The van der Waals surface area contributed by atoms with E-state index in [0.717, 1.165) is 226 Å². The lowest BCUT2D eigenvalue weighted by Gasteiger charge is -2.35. The Morgan fingerprint density at radius 3 is 1.57 bits per heavy atom. The van der Waals surface area contributed by atoms with Crippen LogP contribution >= 0.6 is 0 Å². The van der Waals surface area contributed by atoms with Gasteiger partial charge in [-0.3, -0.25) is 39.0 Å². The van der Waals surface area contributed by atoms with E-state index in [1.165, 1.54) is 56.2 Å². The van der Waals surface area contributed by atoms with Crippen molar-refractivity contribution in [1.29, 1.82) is 0 Å². The number of aliphatic carboxylic acids is 1. The van der Waals surface area contributed by atoms with Gasteiger partial charge in [0.25, 0.3) is 23.4 Å². The lowest BCUT2D eigenvalue weighted by atomic mass is 9.71. The standard InChI is InChI=1S/C28H40N6O2.C27H37N7O2.C25H32N6O2.C20H21N5O3/c1-8-28(9-2)15-13-20(14-16-28)24-21(31-26(35)25-30-19-23(29-5)33-25)11-12-22(32-24)27(3,4)36-18-10-17-34(6)7;1-26(2)10-8-19(9-11-26)23-20(31-25(35)24-29-18-22(28-5)33-24)6-7-21(32-23)27(3,4)30-12-13-34-14-16-36-17-15-34;1-25(2,33-16-15-31-13-7-8-14-31)20-12-11-19(22(29-20)18-9-5-4-6-10-18)28-24(32)23-27-17-21(26-3)30-23;1-13-7-9-25(10-8-13)19-16(5-3-14(23-19)4-6-18(26)27)24-20(28)17-11-15(21-2)12-22-17/h11-13,19H,8-10,14-18H2,1-4,6-7H3,(H,30,33)(H,31,35);6-8,18,30H,9-17H2,1-4H3,(H,29,33)(H,31,35);9,11-12,17H,4-8,10,13-16H2,1-2H3,(H,27,30)(H,28,32);3-6,11-13,22H,7-10H2,1H3,(H,24,28)(H,26,27)/b;;;6-4+. The summed E-state index contributed by atoms with van der Waals surface area (Å²) in [6, 6.07) is 16.4. The van der Waals surface area contributed by atoms with Gasteiger partial charge in [0.15, 0.2) is 5.82 Å². The molecule has 0 atom stereocenters. The van der Waals surface area contributed by atoms with Gasteiger partial charge in [0.1, 0.15) is 11.2 Å².